The van der Waals surface area contributed by atoms with Crippen LogP contribution in [-0.2, 0) is 16.1 Å². The molecule has 2 aromatic rings. The summed E-state index contributed by atoms with van der Waals surface area (Å²) < 4.78 is 11.8. The summed E-state index contributed by atoms with van der Waals surface area (Å²) in [7, 11) is 1.68. The predicted molar refractivity (Wildman–Crippen MR) is 136 cm³/mol. The van der Waals surface area contributed by atoms with Crippen LogP contribution in [0.4, 0.5) is 0 Å². The first-order valence-corrected chi connectivity index (χ1v) is 12.9. The van der Waals surface area contributed by atoms with Gasteiger partial charge in [-0.3, -0.25) is 9.69 Å². The van der Waals surface area contributed by atoms with Crippen LogP contribution in [0.5, 0.6) is 5.75 Å². The Bertz CT molecular complexity index is 987. The van der Waals surface area contributed by atoms with E-state index in [2.05, 4.69) is 17.0 Å². The van der Waals surface area contributed by atoms with Crippen molar-refractivity contribution in [3.63, 3.8) is 0 Å². The van der Waals surface area contributed by atoms with Crippen molar-refractivity contribution in [2.75, 3.05) is 39.8 Å². The third kappa shape index (κ3) is 7.30. The first-order chi connectivity index (χ1) is 17.1. The fourth-order valence-corrected chi connectivity index (χ4v) is 5.17. The number of ether oxygens (including phenoxy) is 2. The lowest BCUT2D eigenvalue weighted by molar-refractivity contribution is -0.133. The highest BCUT2D eigenvalue weighted by Gasteiger charge is 2.25. The van der Waals surface area contributed by atoms with Crippen molar-refractivity contribution in [1.29, 1.82) is 5.26 Å². The highest BCUT2D eigenvalue weighted by molar-refractivity contribution is 5.76. The van der Waals surface area contributed by atoms with Crippen LogP contribution < -0.4 is 4.74 Å². The molecule has 1 saturated carbocycles. The van der Waals surface area contributed by atoms with Crippen LogP contribution in [0.2, 0.25) is 0 Å². The molecule has 0 radical (unpaired) electrons. The zero-order chi connectivity index (χ0) is 24.5. The van der Waals surface area contributed by atoms with Gasteiger partial charge in [0, 0.05) is 39.1 Å². The number of piperazine rings is 1. The average Bonchev–Trinajstić information content (AvgIpc) is 3.44. The van der Waals surface area contributed by atoms with Gasteiger partial charge in [0.25, 0.3) is 0 Å². The average molecular weight is 476 g/mol. The van der Waals surface area contributed by atoms with Gasteiger partial charge in [-0.15, -0.1) is 0 Å². The number of hydrogen-bond acceptors (Lipinski definition) is 5. The molecule has 1 saturated heterocycles. The summed E-state index contributed by atoms with van der Waals surface area (Å²) in [5, 5.41) is 9.04. The first-order valence-electron chi connectivity index (χ1n) is 12.9. The minimum atomic E-state index is -0.120. The van der Waals surface area contributed by atoms with Crippen LogP contribution in [0.25, 0.3) is 0 Å². The monoisotopic (exact) mass is 475 g/mol. The second kappa shape index (κ2) is 12.7. The molecule has 6 nitrogen and oxygen atoms in total. The first kappa shape index (κ1) is 25.2. The molecule has 6 heteroatoms. The van der Waals surface area contributed by atoms with E-state index in [4.69, 9.17) is 14.7 Å². The van der Waals surface area contributed by atoms with Gasteiger partial charge in [0.15, 0.2) is 0 Å². The Balaban J connectivity index is 1.33. The molecule has 1 aliphatic carbocycles. The van der Waals surface area contributed by atoms with Gasteiger partial charge in [-0.05, 0) is 47.7 Å². The zero-order valence-electron chi connectivity index (χ0n) is 20.8. The van der Waals surface area contributed by atoms with Crippen molar-refractivity contribution in [2.45, 2.75) is 51.2 Å². The summed E-state index contributed by atoms with van der Waals surface area (Å²) in [6.07, 6.45) is 6.90. The lowest BCUT2D eigenvalue weighted by Gasteiger charge is -2.36. The molecule has 0 unspecified atom stereocenters. The second-order valence-electron chi connectivity index (χ2n) is 9.76. The Morgan fingerprint density at radius 3 is 2.51 bits per heavy atom. The van der Waals surface area contributed by atoms with Crippen molar-refractivity contribution in [2.24, 2.45) is 5.92 Å². The van der Waals surface area contributed by atoms with E-state index >= 15 is 0 Å². The molecule has 0 N–H and O–H groups in total. The van der Waals surface area contributed by atoms with E-state index in [0.717, 1.165) is 61.9 Å². The van der Waals surface area contributed by atoms with Crippen LogP contribution >= 0.6 is 0 Å². The van der Waals surface area contributed by atoms with Gasteiger partial charge in [-0.1, -0.05) is 49.9 Å². The highest BCUT2D eigenvalue weighted by atomic mass is 16.5. The van der Waals surface area contributed by atoms with Crippen LogP contribution in [0.15, 0.2) is 48.5 Å². The van der Waals surface area contributed by atoms with Crippen molar-refractivity contribution in [3.05, 3.63) is 65.2 Å². The maximum Gasteiger partial charge on any atom is 0.222 e. The molecule has 1 heterocycles. The molecule has 1 aliphatic heterocycles. The molecule has 35 heavy (non-hydrogen) atoms. The molecule has 2 aromatic carbocycles. The Kier molecular flexibility index (Phi) is 9.16. The van der Waals surface area contributed by atoms with Crippen molar-refractivity contribution < 1.29 is 14.3 Å². The Morgan fingerprint density at radius 1 is 1.09 bits per heavy atom. The lowest BCUT2D eigenvalue weighted by Crippen LogP contribution is -2.49. The lowest BCUT2D eigenvalue weighted by atomic mass is 10.0. The molecule has 0 aromatic heterocycles. The van der Waals surface area contributed by atoms with E-state index in [1.807, 2.05) is 47.4 Å². The summed E-state index contributed by atoms with van der Waals surface area (Å²) in [6, 6.07) is 17.7. The number of nitrogens with zero attached hydrogens (tertiary/aromatic N) is 3. The van der Waals surface area contributed by atoms with E-state index in [9.17, 15) is 4.79 Å². The number of carbonyl (C=O) groups is 1. The third-order valence-electron chi connectivity index (χ3n) is 7.39. The number of methoxy groups -OCH3 is 1. The number of benzene rings is 2. The maximum absolute atomic E-state index is 12.7. The molecular formula is C29H37N3O3. The topological polar surface area (TPSA) is 65.8 Å². The third-order valence-corrected chi connectivity index (χ3v) is 7.39. The normalized spacial score (nSPS) is 17.8. The van der Waals surface area contributed by atoms with Crippen molar-refractivity contribution in [1.82, 2.24) is 9.80 Å². The van der Waals surface area contributed by atoms with Gasteiger partial charge in [0.1, 0.15) is 5.75 Å². The summed E-state index contributed by atoms with van der Waals surface area (Å²) >= 11 is 0. The van der Waals surface area contributed by atoms with Gasteiger partial charge in [-0.25, -0.2) is 0 Å². The maximum atomic E-state index is 12.7. The molecule has 0 bridgehead atoms. The van der Waals surface area contributed by atoms with Crippen LogP contribution in [0.3, 0.4) is 0 Å². The second-order valence-corrected chi connectivity index (χ2v) is 9.76. The summed E-state index contributed by atoms with van der Waals surface area (Å²) in [4.78, 5) is 17.2. The zero-order valence-corrected chi connectivity index (χ0v) is 20.8. The Morgan fingerprint density at radius 2 is 1.83 bits per heavy atom. The summed E-state index contributed by atoms with van der Waals surface area (Å²) in [5.74, 6) is 1.89. The fourth-order valence-electron chi connectivity index (χ4n) is 5.17. The van der Waals surface area contributed by atoms with Gasteiger partial charge in [-0.2, -0.15) is 5.26 Å². The van der Waals surface area contributed by atoms with E-state index in [0.29, 0.717) is 24.5 Å². The van der Waals surface area contributed by atoms with E-state index < -0.39 is 0 Å². The Hall–Kier alpha value is -2.88. The smallest absolute Gasteiger partial charge is 0.222 e. The molecule has 1 atom stereocenters. The number of rotatable bonds is 10. The minimum Gasteiger partial charge on any atom is -0.497 e. The molecule has 2 aliphatic rings. The van der Waals surface area contributed by atoms with E-state index in [-0.39, 0.29) is 6.10 Å². The molecule has 2 fully saturated rings. The van der Waals surface area contributed by atoms with Gasteiger partial charge in [0.2, 0.25) is 5.91 Å². The quantitative estimate of drug-likeness (QED) is 0.487. The molecule has 4 rings (SSSR count). The molecule has 186 valence electrons. The molecular weight excluding hydrogens is 438 g/mol. The van der Waals surface area contributed by atoms with Gasteiger partial charge < -0.3 is 14.4 Å². The standard InChI is InChI=1S/C29H37N3O3/c1-34-27-8-4-7-26(19-27)28(35-22-25-11-9-24(20-30)10-12-25)21-31-15-17-32(18-16-31)29(33)14-13-23-5-2-3-6-23/h4,7-12,19,23,28H,2-3,5-6,13-18,21-22H2,1H3/t28-/m1/s1. The van der Waals surface area contributed by atoms with E-state index in [1.54, 1.807) is 7.11 Å². The SMILES string of the molecule is COc1cccc([C@@H](CN2CCN(C(=O)CCC3CCCC3)CC2)OCc2ccc(C#N)cc2)c1. The largest absolute Gasteiger partial charge is 0.497 e. The summed E-state index contributed by atoms with van der Waals surface area (Å²) in [6.45, 7) is 4.50. The number of nitriles is 1. The van der Waals surface area contributed by atoms with Gasteiger partial charge in [0.05, 0.1) is 31.5 Å². The molecule has 1 amide bonds. The predicted octanol–water partition coefficient (Wildman–Crippen LogP) is 4.94. The van der Waals surface area contributed by atoms with Crippen molar-refractivity contribution in [3.8, 4) is 11.8 Å². The van der Waals surface area contributed by atoms with E-state index in [1.165, 1.54) is 25.7 Å². The van der Waals surface area contributed by atoms with Crippen molar-refractivity contribution >= 4 is 5.91 Å². The number of carbonyl (C=O) groups excluding carboxylic acids is 1. The van der Waals surface area contributed by atoms with Crippen LogP contribution in [-0.4, -0.2) is 55.5 Å². The minimum absolute atomic E-state index is 0.120. The fraction of sp³-hybridized carbons (Fsp3) is 0.517. The van der Waals surface area contributed by atoms with Crippen LogP contribution in [0, 0.1) is 17.2 Å². The highest BCUT2D eigenvalue weighted by Crippen LogP contribution is 2.29. The number of hydrogen-bond donors (Lipinski definition) is 0. The Labute approximate surface area is 209 Å². The summed E-state index contributed by atoms with van der Waals surface area (Å²) in [5.41, 5.74) is 2.76. The number of amides is 1. The van der Waals surface area contributed by atoms with Gasteiger partial charge >= 0.3 is 0 Å². The van der Waals surface area contributed by atoms with Crippen LogP contribution in [0.1, 0.15) is 61.3 Å². The molecule has 0 spiro atoms.